The lowest BCUT2D eigenvalue weighted by molar-refractivity contribution is -0.127. The average molecular weight is 477 g/mol. The fraction of sp³-hybridized carbons (Fsp3) is 0.750. The van der Waals surface area contributed by atoms with Crippen LogP contribution < -0.4 is 10.6 Å². The summed E-state index contributed by atoms with van der Waals surface area (Å²) >= 11 is 0. The minimum Gasteiger partial charge on any atom is -0.381 e. The first-order valence-corrected chi connectivity index (χ1v) is 8.81. The van der Waals surface area contributed by atoms with Crippen LogP contribution in [0.25, 0.3) is 0 Å². The van der Waals surface area contributed by atoms with E-state index in [2.05, 4.69) is 25.7 Å². The largest absolute Gasteiger partial charge is 0.381 e. The SMILES string of the molecule is CN(C)C(=O)CN=C(NCC1CCOC1)NC1CCc2ncnn2C1.I. The van der Waals surface area contributed by atoms with E-state index < -0.39 is 0 Å². The number of aromatic nitrogens is 3. The molecule has 1 fully saturated rings. The van der Waals surface area contributed by atoms with Crippen LogP contribution in [0.5, 0.6) is 0 Å². The number of likely N-dealkylation sites (N-methyl/N-ethyl adjacent to an activating group) is 1. The number of nitrogens with zero attached hydrogens (tertiary/aromatic N) is 5. The van der Waals surface area contributed by atoms with Crippen molar-refractivity contribution in [2.75, 3.05) is 40.4 Å². The van der Waals surface area contributed by atoms with Gasteiger partial charge in [0.2, 0.25) is 5.91 Å². The van der Waals surface area contributed by atoms with Crippen LogP contribution in [0.2, 0.25) is 0 Å². The first-order chi connectivity index (χ1) is 12.1. The van der Waals surface area contributed by atoms with Crippen molar-refractivity contribution in [1.82, 2.24) is 30.3 Å². The van der Waals surface area contributed by atoms with E-state index in [1.54, 1.807) is 25.3 Å². The monoisotopic (exact) mass is 477 g/mol. The van der Waals surface area contributed by atoms with E-state index in [4.69, 9.17) is 4.74 Å². The Morgan fingerprint density at radius 2 is 2.31 bits per heavy atom. The molecule has 26 heavy (non-hydrogen) atoms. The molecule has 2 N–H and O–H groups in total. The Morgan fingerprint density at radius 3 is 3.04 bits per heavy atom. The lowest BCUT2D eigenvalue weighted by atomic mass is 10.1. The molecule has 3 rings (SSSR count). The van der Waals surface area contributed by atoms with Gasteiger partial charge in [0.25, 0.3) is 0 Å². The summed E-state index contributed by atoms with van der Waals surface area (Å²) in [6.07, 6.45) is 4.51. The Morgan fingerprint density at radius 1 is 1.46 bits per heavy atom. The fourth-order valence-electron chi connectivity index (χ4n) is 2.97. The summed E-state index contributed by atoms with van der Waals surface area (Å²) < 4.78 is 7.34. The number of aliphatic imine (C=N–C) groups is 1. The molecule has 2 atom stereocenters. The zero-order valence-corrected chi connectivity index (χ0v) is 17.7. The van der Waals surface area contributed by atoms with Gasteiger partial charge in [-0.1, -0.05) is 0 Å². The van der Waals surface area contributed by atoms with Gasteiger partial charge in [-0.05, 0) is 12.8 Å². The Hall–Kier alpha value is -1.43. The number of hydrogen-bond donors (Lipinski definition) is 2. The number of guanidine groups is 1. The van der Waals surface area contributed by atoms with E-state index in [9.17, 15) is 4.79 Å². The maximum Gasteiger partial charge on any atom is 0.243 e. The van der Waals surface area contributed by atoms with Crippen molar-refractivity contribution >= 4 is 35.8 Å². The van der Waals surface area contributed by atoms with E-state index in [0.717, 1.165) is 51.4 Å². The summed E-state index contributed by atoms with van der Waals surface area (Å²) in [4.78, 5) is 22.1. The maximum atomic E-state index is 11.8. The number of halogens is 1. The number of carbonyl (C=O) groups is 1. The summed E-state index contributed by atoms with van der Waals surface area (Å²) in [6.45, 7) is 3.28. The standard InChI is InChI=1S/C16H27N7O2.HI/c1-22(2)15(24)8-18-16(17-7-12-5-6-25-10-12)21-13-3-4-14-19-11-20-23(14)9-13;/h11-13H,3-10H2,1-2H3,(H2,17,18,21);1H. The molecule has 0 aliphatic carbocycles. The molecule has 2 unspecified atom stereocenters. The van der Waals surface area contributed by atoms with Gasteiger partial charge < -0.3 is 20.3 Å². The maximum absolute atomic E-state index is 11.8. The molecule has 1 saturated heterocycles. The highest BCUT2D eigenvalue weighted by atomic mass is 127. The summed E-state index contributed by atoms with van der Waals surface area (Å²) in [5.74, 6) is 2.17. The van der Waals surface area contributed by atoms with Crippen molar-refractivity contribution in [3.05, 3.63) is 12.2 Å². The second kappa shape index (κ2) is 10.0. The number of fused-ring (bicyclic) bond motifs is 1. The summed E-state index contributed by atoms with van der Waals surface area (Å²) in [6, 6.07) is 0.217. The van der Waals surface area contributed by atoms with E-state index in [0.29, 0.717) is 11.9 Å². The number of nitrogens with one attached hydrogen (secondary N) is 2. The minimum absolute atomic E-state index is 0. The molecule has 0 aromatic carbocycles. The highest BCUT2D eigenvalue weighted by Gasteiger charge is 2.22. The summed E-state index contributed by atoms with van der Waals surface area (Å²) in [7, 11) is 3.48. The highest BCUT2D eigenvalue weighted by Crippen LogP contribution is 2.12. The Kier molecular flexibility index (Phi) is 8.07. The third-order valence-corrected chi connectivity index (χ3v) is 4.60. The van der Waals surface area contributed by atoms with Crippen molar-refractivity contribution in [2.24, 2.45) is 10.9 Å². The fourth-order valence-corrected chi connectivity index (χ4v) is 2.97. The molecule has 1 aromatic rings. The molecule has 10 heteroatoms. The topological polar surface area (TPSA) is 96.7 Å². The van der Waals surface area contributed by atoms with Crippen molar-refractivity contribution in [3.8, 4) is 0 Å². The zero-order valence-electron chi connectivity index (χ0n) is 15.3. The molecule has 9 nitrogen and oxygen atoms in total. The van der Waals surface area contributed by atoms with Gasteiger partial charge in [0.15, 0.2) is 5.96 Å². The molecule has 0 radical (unpaired) electrons. The van der Waals surface area contributed by atoms with Gasteiger partial charge in [0.1, 0.15) is 18.7 Å². The minimum atomic E-state index is -0.0208. The van der Waals surface area contributed by atoms with E-state index >= 15 is 0 Å². The number of carbonyl (C=O) groups excluding carboxylic acids is 1. The third-order valence-electron chi connectivity index (χ3n) is 4.60. The number of ether oxygens (including phenoxy) is 1. The molecule has 2 aliphatic heterocycles. The predicted molar refractivity (Wildman–Crippen MR) is 109 cm³/mol. The van der Waals surface area contributed by atoms with Crippen LogP contribution in [0.15, 0.2) is 11.3 Å². The second-order valence-electron chi connectivity index (χ2n) is 6.80. The second-order valence-corrected chi connectivity index (χ2v) is 6.80. The number of rotatable bonds is 5. The molecular weight excluding hydrogens is 449 g/mol. The average Bonchev–Trinajstić information content (AvgIpc) is 3.27. The number of aryl methyl sites for hydroxylation is 1. The molecule has 0 bridgehead atoms. The Balaban J connectivity index is 0.00000243. The number of hydrogen-bond acceptors (Lipinski definition) is 5. The van der Waals surface area contributed by atoms with Crippen LogP contribution in [0.3, 0.4) is 0 Å². The highest BCUT2D eigenvalue weighted by molar-refractivity contribution is 14.0. The van der Waals surface area contributed by atoms with Gasteiger partial charge in [0.05, 0.1) is 13.2 Å². The van der Waals surface area contributed by atoms with Crippen LogP contribution in [0.4, 0.5) is 0 Å². The van der Waals surface area contributed by atoms with Crippen LogP contribution in [0, 0.1) is 5.92 Å². The summed E-state index contributed by atoms with van der Waals surface area (Å²) in [5, 5.41) is 11.1. The quantitative estimate of drug-likeness (QED) is 0.349. The van der Waals surface area contributed by atoms with Crippen LogP contribution in [-0.2, 0) is 22.5 Å². The molecule has 0 saturated carbocycles. The molecular formula is C16H28IN7O2. The molecule has 1 aromatic heterocycles. The van der Waals surface area contributed by atoms with Gasteiger partial charge >= 0.3 is 0 Å². The first kappa shape index (κ1) is 20.9. The molecule has 2 aliphatic rings. The van der Waals surface area contributed by atoms with Gasteiger partial charge in [0, 0.05) is 45.6 Å². The van der Waals surface area contributed by atoms with E-state index in [-0.39, 0.29) is 42.5 Å². The van der Waals surface area contributed by atoms with Crippen LogP contribution >= 0.6 is 24.0 Å². The van der Waals surface area contributed by atoms with Gasteiger partial charge in [-0.15, -0.1) is 24.0 Å². The Labute approximate surface area is 171 Å². The molecule has 0 spiro atoms. The molecule has 3 heterocycles. The molecule has 1 amide bonds. The number of amides is 1. The van der Waals surface area contributed by atoms with Crippen molar-refractivity contribution < 1.29 is 9.53 Å². The van der Waals surface area contributed by atoms with Gasteiger partial charge in [-0.3, -0.25) is 4.79 Å². The predicted octanol–water partition coefficient (Wildman–Crippen LogP) is -0.129. The third kappa shape index (κ3) is 5.79. The van der Waals surface area contributed by atoms with Crippen molar-refractivity contribution in [1.29, 1.82) is 0 Å². The smallest absolute Gasteiger partial charge is 0.243 e. The van der Waals surface area contributed by atoms with Gasteiger partial charge in [-0.2, -0.15) is 5.10 Å². The van der Waals surface area contributed by atoms with Crippen molar-refractivity contribution in [3.63, 3.8) is 0 Å². The van der Waals surface area contributed by atoms with E-state index in [1.807, 2.05) is 4.68 Å². The molecule has 146 valence electrons. The van der Waals surface area contributed by atoms with Crippen LogP contribution in [0.1, 0.15) is 18.7 Å². The van der Waals surface area contributed by atoms with Crippen LogP contribution in [-0.4, -0.2) is 78.0 Å². The first-order valence-electron chi connectivity index (χ1n) is 8.81. The Bertz CT molecular complexity index is 613. The lowest BCUT2D eigenvalue weighted by Gasteiger charge is -2.26. The lowest BCUT2D eigenvalue weighted by Crippen LogP contribution is -2.48. The normalized spacial score (nSPS) is 22.3. The van der Waals surface area contributed by atoms with Crippen molar-refractivity contribution in [2.45, 2.75) is 31.8 Å². The van der Waals surface area contributed by atoms with Gasteiger partial charge in [-0.25, -0.2) is 14.7 Å². The zero-order chi connectivity index (χ0) is 17.6. The van der Waals surface area contributed by atoms with E-state index in [1.165, 1.54) is 0 Å². The summed E-state index contributed by atoms with van der Waals surface area (Å²) in [5.41, 5.74) is 0.